The largest absolute Gasteiger partial charge is 0.504 e. The smallest absolute Gasteiger partial charge is 0.255 e. The highest BCUT2D eigenvalue weighted by Gasteiger charge is 2.19. The standard InChI is InChI=1S/C16H24N2O3/c1-12(18-9-4-3-5-10-18)11-17-16(20)13-7-6-8-14(21-2)15(13)19/h6-8,12,19H,3-5,9-11H2,1-2H3,(H,17,20). The number of nitrogens with zero attached hydrogens (tertiary/aromatic N) is 1. The van der Waals surface area contributed by atoms with Crippen LogP contribution in [0, 0.1) is 0 Å². The number of aromatic hydroxyl groups is 1. The Labute approximate surface area is 125 Å². The van der Waals surface area contributed by atoms with Crippen LogP contribution in [0.5, 0.6) is 11.5 Å². The second-order valence-corrected chi connectivity index (χ2v) is 5.51. The molecule has 2 rings (SSSR count). The molecule has 1 heterocycles. The number of hydrogen-bond acceptors (Lipinski definition) is 4. The molecule has 5 heteroatoms. The first kappa shape index (κ1) is 15.6. The predicted octanol–water partition coefficient (Wildman–Crippen LogP) is 2.01. The lowest BCUT2D eigenvalue weighted by Crippen LogP contribution is -2.44. The zero-order chi connectivity index (χ0) is 15.2. The van der Waals surface area contributed by atoms with Crippen molar-refractivity contribution in [3.8, 4) is 11.5 Å². The van der Waals surface area contributed by atoms with Crippen molar-refractivity contribution in [2.75, 3.05) is 26.7 Å². The van der Waals surface area contributed by atoms with Crippen LogP contribution in [0.3, 0.4) is 0 Å². The van der Waals surface area contributed by atoms with E-state index >= 15 is 0 Å². The lowest BCUT2D eigenvalue weighted by Gasteiger charge is -2.32. The highest BCUT2D eigenvalue weighted by Crippen LogP contribution is 2.29. The van der Waals surface area contributed by atoms with Gasteiger partial charge in [0.2, 0.25) is 0 Å². The van der Waals surface area contributed by atoms with Crippen molar-refractivity contribution in [1.82, 2.24) is 10.2 Å². The number of carbonyl (C=O) groups excluding carboxylic acids is 1. The van der Waals surface area contributed by atoms with E-state index in [0.29, 0.717) is 18.3 Å². The number of rotatable bonds is 5. The number of phenolic OH excluding ortho intramolecular Hbond substituents is 1. The Morgan fingerprint density at radius 2 is 2.10 bits per heavy atom. The fourth-order valence-corrected chi connectivity index (χ4v) is 2.69. The molecule has 116 valence electrons. The van der Waals surface area contributed by atoms with Crippen molar-refractivity contribution in [3.63, 3.8) is 0 Å². The van der Waals surface area contributed by atoms with Crippen LogP contribution in [0.15, 0.2) is 18.2 Å². The molecule has 0 spiro atoms. The molecular formula is C16H24N2O3. The van der Waals surface area contributed by atoms with E-state index in [1.807, 2.05) is 0 Å². The third-order valence-corrected chi connectivity index (χ3v) is 4.04. The van der Waals surface area contributed by atoms with Crippen LogP contribution in [0.1, 0.15) is 36.5 Å². The van der Waals surface area contributed by atoms with Gasteiger partial charge in [0.25, 0.3) is 5.91 Å². The van der Waals surface area contributed by atoms with E-state index in [0.717, 1.165) is 13.1 Å². The molecule has 1 fully saturated rings. The summed E-state index contributed by atoms with van der Waals surface area (Å²) in [5, 5.41) is 12.9. The third-order valence-electron chi connectivity index (χ3n) is 4.04. The minimum absolute atomic E-state index is 0.108. The van der Waals surface area contributed by atoms with Gasteiger partial charge in [0, 0.05) is 12.6 Å². The molecule has 1 aromatic carbocycles. The number of piperidine rings is 1. The van der Waals surface area contributed by atoms with E-state index < -0.39 is 0 Å². The molecule has 1 amide bonds. The van der Waals surface area contributed by atoms with Gasteiger partial charge >= 0.3 is 0 Å². The summed E-state index contributed by atoms with van der Waals surface area (Å²) in [4.78, 5) is 14.6. The Kier molecular flexibility index (Phi) is 5.44. The van der Waals surface area contributed by atoms with Gasteiger partial charge in [0.05, 0.1) is 12.7 Å². The topological polar surface area (TPSA) is 61.8 Å². The van der Waals surface area contributed by atoms with Crippen molar-refractivity contribution in [1.29, 1.82) is 0 Å². The van der Waals surface area contributed by atoms with Gasteiger partial charge in [0.15, 0.2) is 11.5 Å². The number of hydrogen-bond donors (Lipinski definition) is 2. The average Bonchev–Trinajstić information content (AvgIpc) is 2.53. The fraction of sp³-hybridized carbons (Fsp3) is 0.562. The monoisotopic (exact) mass is 292 g/mol. The van der Waals surface area contributed by atoms with Crippen LogP contribution in [0.25, 0.3) is 0 Å². The quantitative estimate of drug-likeness (QED) is 0.871. The number of carbonyl (C=O) groups is 1. The number of nitrogens with one attached hydrogen (secondary N) is 1. The van der Waals surface area contributed by atoms with E-state index in [1.54, 1.807) is 18.2 Å². The number of methoxy groups -OCH3 is 1. The summed E-state index contributed by atoms with van der Waals surface area (Å²) in [5.41, 5.74) is 0.250. The van der Waals surface area contributed by atoms with Gasteiger partial charge < -0.3 is 15.2 Å². The number of amides is 1. The summed E-state index contributed by atoms with van der Waals surface area (Å²) in [6.07, 6.45) is 3.76. The van der Waals surface area contributed by atoms with Crippen LogP contribution < -0.4 is 10.1 Å². The summed E-state index contributed by atoms with van der Waals surface area (Å²) >= 11 is 0. The maximum atomic E-state index is 12.2. The number of para-hydroxylation sites is 1. The number of ether oxygens (including phenoxy) is 1. The second kappa shape index (κ2) is 7.31. The molecule has 5 nitrogen and oxygen atoms in total. The molecular weight excluding hydrogens is 268 g/mol. The summed E-state index contributed by atoms with van der Waals surface area (Å²) in [7, 11) is 1.47. The molecule has 1 aliphatic rings. The third kappa shape index (κ3) is 3.88. The number of benzene rings is 1. The summed E-state index contributed by atoms with van der Waals surface area (Å²) < 4.78 is 5.02. The van der Waals surface area contributed by atoms with Crippen molar-refractivity contribution >= 4 is 5.91 Å². The van der Waals surface area contributed by atoms with Crippen molar-refractivity contribution in [3.05, 3.63) is 23.8 Å². The zero-order valence-corrected chi connectivity index (χ0v) is 12.8. The van der Waals surface area contributed by atoms with Gasteiger partial charge in [-0.2, -0.15) is 0 Å². The Bertz CT molecular complexity index is 484. The van der Waals surface area contributed by atoms with E-state index in [9.17, 15) is 9.90 Å². The first-order valence-electron chi connectivity index (χ1n) is 7.51. The summed E-state index contributed by atoms with van der Waals surface area (Å²) in [5.74, 6) is -0.0647. The molecule has 1 aliphatic heterocycles. The van der Waals surface area contributed by atoms with Crippen LogP contribution in [-0.4, -0.2) is 48.7 Å². The number of likely N-dealkylation sites (tertiary alicyclic amines) is 1. The Morgan fingerprint density at radius 3 is 2.76 bits per heavy atom. The van der Waals surface area contributed by atoms with Crippen molar-refractivity contribution in [2.24, 2.45) is 0 Å². The van der Waals surface area contributed by atoms with E-state index in [-0.39, 0.29) is 17.2 Å². The van der Waals surface area contributed by atoms with Crippen molar-refractivity contribution in [2.45, 2.75) is 32.2 Å². The molecule has 1 unspecified atom stereocenters. The lowest BCUT2D eigenvalue weighted by atomic mass is 10.1. The van der Waals surface area contributed by atoms with E-state index in [4.69, 9.17) is 4.74 Å². The Morgan fingerprint density at radius 1 is 1.38 bits per heavy atom. The van der Waals surface area contributed by atoms with Gasteiger partial charge in [0.1, 0.15) is 0 Å². The molecule has 0 bridgehead atoms. The van der Waals surface area contributed by atoms with Gasteiger partial charge in [-0.05, 0) is 45.0 Å². The lowest BCUT2D eigenvalue weighted by molar-refractivity contribution is 0.0926. The molecule has 21 heavy (non-hydrogen) atoms. The molecule has 0 radical (unpaired) electrons. The molecule has 1 saturated heterocycles. The van der Waals surface area contributed by atoms with E-state index in [2.05, 4.69) is 17.1 Å². The molecule has 1 aromatic rings. The normalized spacial score (nSPS) is 17.2. The Hall–Kier alpha value is -1.75. The van der Waals surface area contributed by atoms with Crippen molar-refractivity contribution < 1.29 is 14.6 Å². The maximum absolute atomic E-state index is 12.2. The number of phenols is 1. The van der Waals surface area contributed by atoms with Gasteiger partial charge in [-0.25, -0.2) is 0 Å². The van der Waals surface area contributed by atoms with Gasteiger partial charge in [-0.3, -0.25) is 9.69 Å². The first-order valence-corrected chi connectivity index (χ1v) is 7.51. The van der Waals surface area contributed by atoms with Gasteiger partial charge in [-0.15, -0.1) is 0 Å². The second-order valence-electron chi connectivity index (χ2n) is 5.51. The minimum atomic E-state index is -0.268. The molecule has 0 aliphatic carbocycles. The highest BCUT2D eigenvalue weighted by molar-refractivity contribution is 5.97. The summed E-state index contributed by atoms with van der Waals surface area (Å²) in [6.45, 7) is 4.90. The van der Waals surface area contributed by atoms with Crippen LogP contribution in [0.4, 0.5) is 0 Å². The van der Waals surface area contributed by atoms with Crippen LogP contribution in [-0.2, 0) is 0 Å². The average molecular weight is 292 g/mol. The van der Waals surface area contributed by atoms with Crippen LogP contribution >= 0.6 is 0 Å². The fourth-order valence-electron chi connectivity index (χ4n) is 2.69. The molecule has 0 aromatic heterocycles. The summed E-state index contributed by atoms with van der Waals surface area (Å²) in [6, 6.07) is 5.23. The zero-order valence-electron chi connectivity index (χ0n) is 12.8. The first-order chi connectivity index (χ1) is 10.1. The highest BCUT2D eigenvalue weighted by atomic mass is 16.5. The minimum Gasteiger partial charge on any atom is -0.504 e. The van der Waals surface area contributed by atoms with Gasteiger partial charge in [-0.1, -0.05) is 12.5 Å². The molecule has 2 N–H and O–H groups in total. The molecule has 1 atom stereocenters. The molecule has 0 saturated carbocycles. The maximum Gasteiger partial charge on any atom is 0.255 e. The SMILES string of the molecule is COc1cccc(C(=O)NCC(C)N2CCCCC2)c1O. The predicted molar refractivity (Wildman–Crippen MR) is 81.9 cm³/mol. The Balaban J connectivity index is 1.92. The van der Waals surface area contributed by atoms with E-state index in [1.165, 1.54) is 26.4 Å². The van der Waals surface area contributed by atoms with Crippen LogP contribution in [0.2, 0.25) is 0 Å².